The van der Waals surface area contributed by atoms with E-state index < -0.39 is 11.5 Å². The van der Waals surface area contributed by atoms with E-state index in [1.807, 2.05) is 12.1 Å². The van der Waals surface area contributed by atoms with Crippen molar-refractivity contribution in [2.75, 3.05) is 19.0 Å². The fourth-order valence-corrected chi connectivity index (χ4v) is 3.86. The number of ether oxygens (including phenoxy) is 1. The third kappa shape index (κ3) is 4.20. The fraction of sp³-hybridized carbons (Fsp3) is 0.125. The molecule has 2 N–H and O–H groups in total. The van der Waals surface area contributed by atoms with Gasteiger partial charge in [-0.25, -0.2) is 19.2 Å². The molecule has 174 valence electrons. The van der Waals surface area contributed by atoms with Gasteiger partial charge in [-0.05, 0) is 30.3 Å². The van der Waals surface area contributed by atoms with E-state index in [9.17, 15) is 14.4 Å². The third-order valence-electron chi connectivity index (χ3n) is 5.48. The Morgan fingerprint density at radius 3 is 2.69 bits per heavy atom. The van der Waals surface area contributed by atoms with Crippen molar-refractivity contribution in [1.82, 2.24) is 24.7 Å². The number of halogens is 1. The van der Waals surface area contributed by atoms with E-state index in [1.54, 1.807) is 34.9 Å². The first-order chi connectivity index (χ1) is 17.1. The van der Waals surface area contributed by atoms with E-state index in [0.29, 0.717) is 52.5 Å². The van der Waals surface area contributed by atoms with Gasteiger partial charge in [-0.2, -0.15) is 15.4 Å². The predicted octanol–water partition coefficient (Wildman–Crippen LogP) is 3.57. The summed E-state index contributed by atoms with van der Waals surface area (Å²) in [5.74, 6) is 0.856. The molecule has 5 rings (SSSR count). The van der Waals surface area contributed by atoms with Crippen LogP contribution in [0.3, 0.4) is 0 Å². The number of nitrogens with zero attached hydrogens (tertiary/aromatic N) is 5. The monoisotopic (exact) mass is 471 g/mol. The molecule has 5 aromatic rings. The van der Waals surface area contributed by atoms with Crippen molar-refractivity contribution >= 4 is 16.7 Å². The molecule has 0 aliphatic carbocycles. The van der Waals surface area contributed by atoms with Crippen LogP contribution in [0.5, 0.6) is 5.75 Å². The minimum Gasteiger partial charge on any atom is -0.496 e. The number of benzene rings is 2. The van der Waals surface area contributed by atoms with Crippen LogP contribution in [0.2, 0.25) is 0 Å². The summed E-state index contributed by atoms with van der Waals surface area (Å²) in [5.41, 5.74) is 2.26. The Bertz CT molecular complexity index is 1610. The number of nitriles is 1. The van der Waals surface area contributed by atoms with Crippen LogP contribution >= 0.6 is 0 Å². The maximum atomic E-state index is 14.6. The topological polar surface area (TPSA) is 135 Å². The molecule has 0 aliphatic rings. The minimum atomic E-state index is -0.549. The Morgan fingerprint density at radius 2 is 1.97 bits per heavy atom. The largest absolute Gasteiger partial charge is 0.496 e. The maximum Gasteiger partial charge on any atom is 0.377 e. The van der Waals surface area contributed by atoms with Gasteiger partial charge in [-0.15, -0.1) is 0 Å². The Kier molecular flexibility index (Phi) is 5.68. The highest BCUT2D eigenvalue weighted by Gasteiger charge is 2.16. The Balaban J connectivity index is 1.33. The summed E-state index contributed by atoms with van der Waals surface area (Å²) in [6, 6.07) is 15.6. The van der Waals surface area contributed by atoms with Gasteiger partial charge in [0.2, 0.25) is 0 Å². The Hall–Kier alpha value is -4.98. The number of nitrogens with one attached hydrogen (secondary N) is 2. The normalized spacial score (nSPS) is 10.9. The molecule has 11 heteroatoms. The summed E-state index contributed by atoms with van der Waals surface area (Å²) in [6.07, 6.45) is 1.44. The van der Waals surface area contributed by atoms with E-state index in [-0.39, 0.29) is 5.89 Å². The molecule has 0 saturated heterocycles. The van der Waals surface area contributed by atoms with Crippen molar-refractivity contribution in [2.24, 2.45) is 0 Å². The molecule has 0 radical (unpaired) electrons. The van der Waals surface area contributed by atoms with Crippen molar-refractivity contribution in [1.29, 1.82) is 5.26 Å². The molecule has 0 unspecified atom stereocenters. The van der Waals surface area contributed by atoms with Crippen LogP contribution in [0.4, 0.5) is 10.2 Å². The van der Waals surface area contributed by atoms with E-state index in [1.165, 1.54) is 19.5 Å². The summed E-state index contributed by atoms with van der Waals surface area (Å²) >= 11 is 0. The fourth-order valence-electron chi connectivity index (χ4n) is 3.86. The van der Waals surface area contributed by atoms with Gasteiger partial charge in [0.15, 0.2) is 0 Å². The number of rotatable bonds is 7. The van der Waals surface area contributed by atoms with Gasteiger partial charge in [-0.3, -0.25) is 0 Å². The number of hydrogen-bond donors (Lipinski definition) is 2. The van der Waals surface area contributed by atoms with Gasteiger partial charge in [0.05, 0.1) is 18.3 Å². The van der Waals surface area contributed by atoms with E-state index in [0.717, 1.165) is 5.56 Å². The van der Waals surface area contributed by atoms with E-state index in [4.69, 9.17) is 9.26 Å². The lowest BCUT2D eigenvalue weighted by atomic mass is 10.1. The molecule has 0 fully saturated rings. The summed E-state index contributed by atoms with van der Waals surface area (Å²) in [7, 11) is 1.51. The van der Waals surface area contributed by atoms with Gasteiger partial charge < -0.3 is 19.1 Å². The summed E-state index contributed by atoms with van der Waals surface area (Å²) in [5, 5.41) is 15.4. The molecule has 0 bridgehead atoms. The van der Waals surface area contributed by atoms with Crippen LogP contribution in [0.15, 0.2) is 64.2 Å². The number of hydrogen-bond acceptors (Lipinski definition) is 8. The number of methoxy groups -OCH3 is 1. The average molecular weight is 471 g/mol. The van der Waals surface area contributed by atoms with Crippen LogP contribution in [0.1, 0.15) is 5.69 Å². The van der Waals surface area contributed by atoms with Crippen molar-refractivity contribution in [3.63, 3.8) is 0 Å². The van der Waals surface area contributed by atoms with Crippen LogP contribution in [0.25, 0.3) is 33.6 Å². The zero-order valence-corrected chi connectivity index (χ0v) is 18.4. The number of fused-ring (bicyclic) bond motifs is 1. The first-order valence-corrected chi connectivity index (χ1v) is 10.6. The highest BCUT2D eigenvalue weighted by Crippen LogP contribution is 2.31. The highest BCUT2D eigenvalue weighted by atomic mass is 19.1. The second-order valence-electron chi connectivity index (χ2n) is 7.52. The standard InChI is InChI=1S/C24H18FN7O3/c1-34-20-7-6-18(25)22-17(20)10-16(12-26)32(22)9-8-27-21-11-19(28-13-29-21)14-2-4-15(5-3-14)23-30-24(33)31-35-23/h2-7,10-11,13H,8-9H2,1H3,(H,31,33)(H,27,28,29). The van der Waals surface area contributed by atoms with Crippen LogP contribution in [0, 0.1) is 17.1 Å². The molecular formula is C24H18FN7O3. The van der Waals surface area contributed by atoms with Gasteiger partial charge >= 0.3 is 5.69 Å². The smallest absolute Gasteiger partial charge is 0.377 e. The molecule has 2 aromatic carbocycles. The second-order valence-corrected chi connectivity index (χ2v) is 7.52. The van der Waals surface area contributed by atoms with E-state index in [2.05, 4.69) is 31.5 Å². The van der Waals surface area contributed by atoms with Crippen molar-refractivity contribution in [2.45, 2.75) is 6.54 Å². The summed E-state index contributed by atoms with van der Waals surface area (Å²) < 4.78 is 26.5. The molecule has 10 nitrogen and oxygen atoms in total. The van der Waals surface area contributed by atoms with Gasteiger partial charge in [0.1, 0.15) is 35.5 Å². The highest BCUT2D eigenvalue weighted by molar-refractivity contribution is 5.88. The van der Waals surface area contributed by atoms with Crippen molar-refractivity contribution in [3.05, 3.63) is 76.9 Å². The second kappa shape index (κ2) is 9.11. The minimum absolute atomic E-state index is 0.204. The SMILES string of the molecule is COc1ccc(F)c2c1cc(C#N)n2CCNc1cc(-c2ccc(-c3nc(=O)[nH]o3)cc2)ncn1. The third-order valence-corrected chi connectivity index (χ3v) is 5.48. The van der Waals surface area contributed by atoms with Gasteiger partial charge in [0, 0.05) is 35.7 Å². The zero-order valence-electron chi connectivity index (χ0n) is 18.4. The quantitative estimate of drug-likeness (QED) is 0.368. The van der Waals surface area contributed by atoms with Gasteiger partial charge in [-0.1, -0.05) is 12.1 Å². The lowest BCUT2D eigenvalue weighted by Gasteiger charge is -2.11. The van der Waals surface area contributed by atoms with Gasteiger partial charge in [0.25, 0.3) is 5.89 Å². The number of aromatic nitrogens is 5. The van der Waals surface area contributed by atoms with Crippen molar-refractivity contribution < 1.29 is 13.7 Å². The maximum absolute atomic E-state index is 14.6. The van der Waals surface area contributed by atoms with E-state index >= 15 is 0 Å². The average Bonchev–Trinajstić information content (AvgIpc) is 3.49. The lowest BCUT2D eigenvalue weighted by Crippen LogP contribution is -2.13. The molecule has 0 spiro atoms. The zero-order chi connectivity index (χ0) is 24.4. The molecule has 3 aromatic heterocycles. The first kappa shape index (κ1) is 21.8. The summed E-state index contributed by atoms with van der Waals surface area (Å²) in [6.45, 7) is 0.724. The summed E-state index contributed by atoms with van der Waals surface area (Å²) in [4.78, 5) is 23.5. The molecule has 0 atom stereocenters. The molecule has 0 amide bonds. The molecule has 3 heterocycles. The van der Waals surface area contributed by atoms with Crippen LogP contribution in [-0.4, -0.2) is 38.3 Å². The Morgan fingerprint density at radius 1 is 1.17 bits per heavy atom. The molecular weight excluding hydrogens is 453 g/mol. The van der Waals surface area contributed by atoms with Crippen LogP contribution < -0.4 is 15.7 Å². The number of H-pyrrole nitrogens is 1. The lowest BCUT2D eigenvalue weighted by molar-refractivity contribution is 0.419. The molecule has 35 heavy (non-hydrogen) atoms. The number of anilines is 1. The van der Waals surface area contributed by atoms with Crippen molar-refractivity contribution in [3.8, 4) is 34.5 Å². The molecule has 0 saturated carbocycles. The first-order valence-electron chi connectivity index (χ1n) is 10.6. The molecule has 0 aliphatic heterocycles. The number of aromatic amines is 1. The van der Waals surface area contributed by atoms with Crippen LogP contribution in [-0.2, 0) is 6.54 Å². The Labute approximate surface area is 197 Å². The predicted molar refractivity (Wildman–Crippen MR) is 125 cm³/mol.